The molecule has 2 aromatic rings. The average molecular weight is 409 g/mol. The summed E-state index contributed by atoms with van der Waals surface area (Å²) >= 11 is 3.40. The zero-order valence-electron chi connectivity index (χ0n) is 14.6. The lowest BCUT2D eigenvalue weighted by molar-refractivity contribution is -0.119. The van der Waals surface area contributed by atoms with Gasteiger partial charge in [0.15, 0.2) is 6.61 Å². The third-order valence-electron chi connectivity index (χ3n) is 3.91. The minimum atomic E-state index is -0.693. The molecule has 1 heterocycles. The van der Waals surface area contributed by atoms with Gasteiger partial charge in [0.1, 0.15) is 5.69 Å². The first-order valence-corrected chi connectivity index (χ1v) is 8.60. The summed E-state index contributed by atoms with van der Waals surface area (Å²) in [5.41, 5.74) is 3.91. The number of aliphatic hydroxyl groups excluding tert-OH is 1. The largest absolute Gasteiger partial charge is 0.451 e. The Bertz CT molecular complexity index is 812. The minimum Gasteiger partial charge on any atom is -0.451 e. The van der Waals surface area contributed by atoms with E-state index in [4.69, 9.17) is 4.74 Å². The normalized spacial score (nSPS) is 11.9. The Hall–Kier alpha value is -2.12. The average Bonchev–Trinajstić information content (AvgIpc) is 2.83. The van der Waals surface area contributed by atoms with Crippen molar-refractivity contribution in [1.29, 1.82) is 0 Å². The number of hydrogen-bond donors (Lipinski definition) is 3. The zero-order valence-corrected chi connectivity index (χ0v) is 16.2. The van der Waals surface area contributed by atoms with E-state index in [1.54, 1.807) is 32.9 Å². The van der Waals surface area contributed by atoms with Crippen LogP contribution in [0.1, 0.15) is 45.9 Å². The van der Waals surface area contributed by atoms with Crippen molar-refractivity contribution in [2.75, 3.05) is 11.9 Å². The number of carbonyl (C=O) groups is 2. The van der Waals surface area contributed by atoms with Gasteiger partial charge in [0.2, 0.25) is 0 Å². The topological polar surface area (TPSA) is 91.4 Å². The van der Waals surface area contributed by atoms with E-state index in [-0.39, 0.29) is 5.69 Å². The van der Waals surface area contributed by atoms with Crippen molar-refractivity contribution in [3.05, 3.63) is 50.8 Å². The van der Waals surface area contributed by atoms with Crippen LogP contribution in [-0.2, 0) is 9.53 Å². The maximum absolute atomic E-state index is 12.2. The molecule has 1 aromatic carbocycles. The van der Waals surface area contributed by atoms with Crippen LogP contribution in [0.3, 0.4) is 0 Å². The first kappa shape index (κ1) is 19.2. The number of ether oxygens (including phenoxy) is 1. The van der Waals surface area contributed by atoms with Crippen molar-refractivity contribution >= 4 is 33.5 Å². The number of amides is 1. The standard InChI is InChI=1S/C18H21BrN2O4/c1-9-5-6-13(7-14(9)19)21-15(23)8-25-18(24)17-10(2)16(12(4)22)11(3)20-17/h5-7,12,20,22H,8H2,1-4H3,(H,21,23)/t12-/m0/s1. The van der Waals surface area contributed by atoms with Crippen LogP contribution in [0.2, 0.25) is 0 Å². The Morgan fingerprint density at radius 1 is 1.32 bits per heavy atom. The molecular weight excluding hydrogens is 388 g/mol. The van der Waals surface area contributed by atoms with Crippen LogP contribution in [0, 0.1) is 20.8 Å². The Kier molecular flexibility index (Phi) is 6.02. The number of halogens is 1. The number of aromatic amines is 1. The highest BCUT2D eigenvalue weighted by molar-refractivity contribution is 9.10. The fourth-order valence-corrected chi connectivity index (χ4v) is 3.05. The van der Waals surface area contributed by atoms with Crippen LogP contribution in [0.5, 0.6) is 0 Å². The third-order valence-corrected chi connectivity index (χ3v) is 4.76. The first-order valence-electron chi connectivity index (χ1n) is 7.81. The smallest absolute Gasteiger partial charge is 0.355 e. The summed E-state index contributed by atoms with van der Waals surface area (Å²) < 4.78 is 5.95. The van der Waals surface area contributed by atoms with Gasteiger partial charge < -0.3 is 20.1 Å². The molecule has 1 atom stereocenters. The number of carbonyl (C=O) groups excluding carboxylic acids is 2. The Morgan fingerprint density at radius 2 is 2.00 bits per heavy atom. The first-order chi connectivity index (χ1) is 11.7. The van der Waals surface area contributed by atoms with Crippen molar-refractivity contribution < 1.29 is 19.4 Å². The molecule has 25 heavy (non-hydrogen) atoms. The van der Waals surface area contributed by atoms with Gasteiger partial charge in [-0.25, -0.2) is 4.79 Å². The molecule has 0 radical (unpaired) electrons. The van der Waals surface area contributed by atoms with Gasteiger partial charge in [-0.15, -0.1) is 0 Å². The highest BCUT2D eigenvalue weighted by Gasteiger charge is 2.21. The van der Waals surface area contributed by atoms with Gasteiger partial charge in [0, 0.05) is 21.4 Å². The summed E-state index contributed by atoms with van der Waals surface area (Å²) in [4.78, 5) is 27.1. The molecule has 0 aliphatic heterocycles. The molecular formula is C18H21BrN2O4. The van der Waals surface area contributed by atoms with Gasteiger partial charge in [-0.1, -0.05) is 22.0 Å². The molecule has 134 valence electrons. The fraction of sp³-hybridized carbons (Fsp3) is 0.333. The summed E-state index contributed by atoms with van der Waals surface area (Å²) in [7, 11) is 0. The van der Waals surface area contributed by atoms with Gasteiger partial charge in [0.05, 0.1) is 6.10 Å². The second-order valence-electron chi connectivity index (χ2n) is 5.93. The number of esters is 1. The number of nitrogens with one attached hydrogen (secondary N) is 2. The molecule has 0 spiro atoms. The van der Waals surface area contributed by atoms with Crippen LogP contribution in [0.25, 0.3) is 0 Å². The van der Waals surface area contributed by atoms with Gasteiger partial charge in [-0.2, -0.15) is 0 Å². The number of benzene rings is 1. The van der Waals surface area contributed by atoms with Crippen molar-refractivity contribution in [2.45, 2.75) is 33.8 Å². The molecule has 0 fully saturated rings. The van der Waals surface area contributed by atoms with Crippen molar-refractivity contribution in [2.24, 2.45) is 0 Å². The quantitative estimate of drug-likeness (QED) is 0.659. The highest BCUT2D eigenvalue weighted by atomic mass is 79.9. The van der Waals surface area contributed by atoms with Gasteiger partial charge in [0.25, 0.3) is 5.91 Å². The second-order valence-corrected chi connectivity index (χ2v) is 6.78. The van der Waals surface area contributed by atoms with Crippen LogP contribution >= 0.6 is 15.9 Å². The SMILES string of the molecule is Cc1ccc(NC(=O)COC(=O)c2[nH]c(C)c([C@H](C)O)c2C)cc1Br. The number of H-pyrrole nitrogens is 1. The predicted octanol–water partition coefficient (Wildman–Crippen LogP) is 3.55. The number of rotatable bonds is 5. The molecule has 1 aromatic heterocycles. The van der Waals surface area contributed by atoms with Crippen LogP contribution in [0.4, 0.5) is 5.69 Å². The van der Waals surface area contributed by atoms with Gasteiger partial charge >= 0.3 is 5.97 Å². The maximum Gasteiger partial charge on any atom is 0.355 e. The summed E-state index contributed by atoms with van der Waals surface area (Å²) in [6.45, 7) is 6.68. The van der Waals surface area contributed by atoms with Crippen LogP contribution in [-0.4, -0.2) is 28.6 Å². The van der Waals surface area contributed by atoms with E-state index >= 15 is 0 Å². The van der Waals surface area contributed by atoms with E-state index in [0.29, 0.717) is 22.5 Å². The molecule has 0 aliphatic carbocycles. The summed E-state index contributed by atoms with van der Waals surface area (Å²) in [5.74, 6) is -1.06. The number of anilines is 1. The molecule has 0 saturated heterocycles. The van der Waals surface area contributed by atoms with E-state index in [0.717, 1.165) is 10.0 Å². The number of aryl methyl sites for hydroxylation is 2. The Morgan fingerprint density at radius 3 is 2.56 bits per heavy atom. The molecule has 0 unspecified atom stereocenters. The van der Waals surface area contributed by atoms with E-state index < -0.39 is 24.6 Å². The second kappa shape index (κ2) is 7.84. The number of hydrogen-bond acceptors (Lipinski definition) is 4. The predicted molar refractivity (Wildman–Crippen MR) is 98.7 cm³/mol. The molecule has 2 rings (SSSR count). The van der Waals surface area contributed by atoms with Crippen LogP contribution < -0.4 is 5.32 Å². The molecule has 0 bridgehead atoms. The lowest BCUT2D eigenvalue weighted by Crippen LogP contribution is -2.21. The van der Waals surface area contributed by atoms with Crippen molar-refractivity contribution in [3.8, 4) is 0 Å². The zero-order chi connectivity index (χ0) is 18.7. The van der Waals surface area contributed by atoms with Crippen molar-refractivity contribution in [3.63, 3.8) is 0 Å². The molecule has 7 heteroatoms. The van der Waals surface area contributed by atoms with Gasteiger partial charge in [-0.05, 0) is 51.0 Å². The third kappa shape index (κ3) is 4.49. The fourth-order valence-electron chi connectivity index (χ4n) is 2.67. The maximum atomic E-state index is 12.2. The summed E-state index contributed by atoms with van der Waals surface area (Å²) in [5, 5.41) is 12.4. The molecule has 0 saturated carbocycles. The number of aliphatic hydroxyl groups is 1. The molecule has 6 nitrogen and oxygen atoms in total. The summed E-state index contributed by atoms with van der Waals surface area (Å²) in [6, 6.07) is 5.42. The molecule has 0 aliphatic rings. The molecule has 1 amide bonds. The van der Waals surface area contributed by atoms with Gasteiger partial charge in [-0.3, -0.25) is 4.79 Å². The van der Waals surface area contributed by atoms with E-state index in [2.05, 4.69) is 26.2 Å². The monoisotopic (exact) mass is 408 g/mol. The Balaban J connectivity index is 1.99. The minimum absolute atomic E-state index is 0.249. The number of aromatic nitrogens is 1. The Labute approximate surface area is 154 Å². The lowest BCUT2D eigenvalue weighted by Gasteiger charge is -2.08. The van der Waals surface area contributed by atoms with E-state index in [1.165, 1.54) is 0 Å². The molecule has 3 N–H and O–H groups in total. The van der Waals surface area contributed by atoms with Crippen molar-refractivity contribution in [1.82, 2.24) is 4.98 Å². The van der Waals surface area contributed by atoms with Crippen LogP contribution in [0.15, 0.2) is 22.7 Å². The summed E-state index contributed by atoms with van der Waals surface area (Å²) in [6.07, 6.45) is -0.693. The lowest BCUT2D eigenvalue weighted by atomic mass is 10.1. The highest BCUT2D eigenvalue weighted by Crippen LogP contribution is 2.25. The van der Waals surface area contributed by atoms with E-state index in [1.807, 2.05) is 13.0 Å². The van der Waals surface area contributed by atoms with E-state index in [9.17, 15) is 14.7 Å².